The topological polar surface area (TPSA) is 60.4 Å². The van der Waals surface area contributed by atoms with Crippen LogP contribution in [0.4, 0.5) is 0 Å². The number of ketones is 1. The first kappa shape index (κ1) is 15.7. The maximum Gasteiger partial charge on any atom is 0.162 e. The second-order valence-electron chi connectivity index (χ2n) is 4.57. The summed E-state index contributed by atoms with van der Waals surface area (Å²) in [6, 6.07) is 6.76. The van der Waals surface area contributed by atoms with Crippen LogP contribution in [0.25, 0.3) is 0 Å². The number of benzene rings is 1. The molecule has 0 saturated heterocycles. The number of sulfone groups is 1. The number of Topliss-reactive ketones (excluding diaryl/α,β-unsaturated/α-hetero) is 1. The highest BCUT2D eigenvalue weighted by Gasteiger charge is 2.15. The summed E-state index contributed by atoms with van der Waals surface area (Å²) < 4.78 is 28.5. The maximum absolute atomic E-state index is 11.6. The molecule has 106 valence electrons. The van der Waals surface area contributed by atoms with Gasteiger partial charge < -0.3 is 4.74 Å². The maximum atomic E-state index is 11.6. The molecule has 0 atom stereocenters. The Kier molecular flexibility index (Phi) is 5.54. The number of rotatable bonds is 7. The Hall–Kier alpha value is -1.36. The molecule has 0 amide bonds. The molecule has 0 unspecified atom stereocenters. The Morgan fingerprint density at radius 2 is 1.79 bits per heavy atom. The average Bonchev–Trinajstić information content (AvgIpc) is 2.38. The lowest BCUT2D eigenvalue weighted by molar-refractivity contribution is 0.0988. The van der Waals surface area contributed by atoms with Gasteiger partial charge in [0.05, 0.1) is 11.0 Å². The summed E-state index contributed by atoms with van der Waals surface area (Å²) in [5.74, 6) is 0.654. The minimum atomic E-state index is -3.07. The third kappa shape index (κ3) is 4.67. The molecular formula is C14H20O4S. The summed E-state index contributed by atoms with van der Waals surface area (Å²) in [6.45, 7) is 5.24. The van der Waals surface area contributed by atoms with Gasteiger partial charge in [0.15, 0.2) is 15.6 Å². The lowest BCUT2D eigenvalue weighted by atomic mass is 10.1. The number of carbonyl (C=O) groups is 1. The van der Waals surface area contributed by atoms with E-state index < -0.39 is 9.84 Å². The summed E-state index contributed by atoms with van der Waals surface area (Å²) in [6.07, 6.45) is 0.465. The van der Waals surface area contributed by atoms with Gasteiger partial charge in [-0.1, -0.05) is 6.92 Å². The van der Waals surface area contributed by atoms with E-state index in [1.807, 2.05) is 6.92 Å². The number of hydrogen-bond donors (Lipinski definition) is 0. The molecule has 0 aliphatic rings. The first-order valence-electron chi connectivity index (χ1n) is 6.34. The van der Waals surface area contributed by atoms with Crippen LogP contribution < -0.4 is 4.74 Å². The van der Waals surface area contributed by atoms with Crippen molar-refractivity contribution in [2.75, 3.05) is 12.4 Å². The standard InChI is InChI=1S/C14H20O4S/c1-4-14(15)12-5-7-13(8-6-12)18-9-10-19(16,17)11(2)3/h5-8,11H,4,9-10H2,1-3H3. The van der Waals surface area contributed by atoms with Crippen molar-refractivity contribution in [1.29, 1.82) is 0 Å². The quantitative estimate of drug-likeness (QED) is 0.722. The van der Waals surface area contributed by atoms with Gasteiger partial charge in [-0.3, -0.25) is 4.79 Å². The van der Waals surface area contributed by atoms with Gasteiger partial charge in [-0.15, -0.1) is 0 Å². The van der Waals surface area contributed by atoms with E-state index in [0.29, 0.717) is 17.7 Å². The molecule has 0 fully saturated rings. The van der Waals surface area contributed by atoms with E-state index in [1.54, 1.807) is 38.1 Å². The molecule has 1 aromatic rings. The molecule has 0 aliphatic carbocycles. The largest absolute Gasteiger partial charge is 0.493 e. The van der Waals surface area contributed by atoms with Gasteiger partial charge in [0.2, 0.25) is 0 Å². The van der Waals surface area contributed by atoms with Crippen LogP contribution in [-0.2, 0) is 9.84 Å². The van der Waals surface area contributed by atoms with Gasteiger partial charge >= 0.3 is 0 Å². The predicted octanol–water partition coefficient (Wildman–Crippen LogP) is 2.48. The normalized spacial score (nSPS) is 11.6. The summed E-state index contributed by atoms with van der Waals surface area (Å²) in [4.78, 5) is 11.4. The van der Waals surface area contributed by atoms with Crippen LogP contribution >= 0.6 is 0 Å². The Morgan fingerprint density at radius 1 is 1.21 bits per heavy atom. The second kappa shape index (κ2) is 6.70. The molecule has 0 aromatic heterocycles. The average molecular weight is 284 g/mol. The molecule has 0 spiro atoms. The molecule has 0 N–H and O–H groups in total. The molecule has 1 aromatic carbocycles. The van der Waals surface area contributed by atoms with Crippen LogP contribution in [0.15, 0.2) is 24.3 Å². The summed E-state index contributed by atoms with van der Waals surface area (Å²) in [5, 5.41) is -0.388. The first-order chi connectivity index (χ1) is 8.86. The van der Waals surface area contributed by atoms with Crippen molar-refractivity contribution in [2.45, 2.75) is 32.4 Å². The van der Waals surface area contributed by atoms with E-state index in [1.165, 1.54) is 0 Å². The fourth-order valence-electron chi connectivity index (χ4n) is 1.45. The summed E-state index contributed by atoms with van der Waals surface area (Å²) in [7, 11) is -3.07. The smallest absolute Gasteiger partial charge is 0.162 e. The highest BCUT2D eigenvalue weighted by molar-refractivity contribution is 7.91. The molecule has 0 saturated carbocycles. The minimum Gasteiger partial charge on any atom is -0.493 e. The van der Waals surface area contributed by atoms with Gasteiger partial charge in [-0.05, 0) is 38.1 Å². The zero-order chi connectivity index (χ0) is 14.5. The van der Waals surface area contributed by atoms with Crippen LogP contribution in [0.1, 0.15) is 37.6 Å². The van der Waals surface area contributed by atoms with Gasteiger partial charge in [-0.2, -0.15) is 0 Å². The van der Waals surface area contributed by atoms with Crippen LogP contribution in [0.5, 0.6) is 5.75 Å². The van der Waals surface area contributed by atoms with Crippen molar-refractivity contribution in [3.8, 4) is 5.75 Å². The number of hydrogen-bond acceptors (Lipinski definition) is 4. The summed E-state index contributed by atoms with van der Waals surface area (Å²) >= 11 is 0. The molecule has 0 aliphatic heterocycles. The Balaban J connectivity index is 2.54. The third-order valence-corrected chi connectivity index (χ3v) is 5.02. The zero-order valence-corrected chi connectivity index (χ0v) is 12.4. The van der Waals surface area contributed by atoms with Gasteiger partial charge in [0, 0.05) is 12.0 Å². The highest BCUT2D eigenvalue weighted by Crippen LogP contribution is 2.13. The molecule has 0 heterocycles. The van der Waals surface area contributed by atoms with Gasteiger partial charge in [0.25, 0.3) is 0 Å². The van der Waals surface area contributed by atoms with E-state index in [-0.39, 0.29) is 23.4 Å². The van der Waals surface area contributed by atoms with Crippen molar-refractivity contribution >= 4 is 15.6 Å². The lowest BCUT2D eigenvalue weighted by Crippen LogP contribution is -2.22. The fraction of sp³-hybridized carbons (Fsp3) is 0.500. The van der Waals surface area contributed by atoms with Crippen molar-refractivity contribution in [3.05, 3.63) is 29.8 Å². The summed E-state index contributed by atoms with van der Waals surface area (Å²) in [5.41, 5.74) is 0.643. The second-order valence-corrected chi connectivity index (χ2v) is 7.24. The van der Waals surface area contributed by atoms with E-state index >= 15 is 0 Å². The van der Waals surface area contributed by atoms with Crippen molar-refractivity contribution in [1.82, 2.24) is 0 Å². The van der Waals surface area contributed by atoms with Gasteiger partial charge in [0.1, 0.15) is 12.4 Å². The van der Waals surface area contributed by atoms with E-state index in [4.69, 9.17) is 4.74 Å². The third-order valence-electron chi connectivity index (χ3n) is 2.85. The zero-order valence-electron chi connectivity index (χ0n) is 11.5. The highest BCUT2D eigenvalue weighted by atomic mass is 32.2. The Morgan fingerprint density at radius 3 is 2.26 bits per heavy atom. The Bertz CT molecular complexity index is 515. The number of carbonyl (C=O) groups excluding carboxylic acids is 1. The molecule has 5 heteroatoms. The van der Waals surface area contributed by atoms with Crippen LogP contribution in [0, 0.1) is 0 Å². The first-order valence-corrected chi connectivity index (χ1v) is 8.06. The van der Waals surface area contributed by atoms with Crippen LogP contribution in [0.2, 0.25) is 0 Å². The SMILES string of the molecule is CCC(=O)c1ccc(OCCS(=O)(=O)C(C)C)cc1. The van der Waals surface area contributed by atoms with Crippen molar-refractivity contribution < 1.29 is 17.9 Å². The number of ether oxygens (including phenoxy) is 1. The molecule has 1 rings (SSSR count). The Labute approximate surface area is 114 Å². The molecule has 19 heavy (non-hydrogen) atoms. The minimum absolute atomic E-state index is 0.000306. The molecule has 4 nitrogen and oxygen atoms in total. The predicted molar refractivity (Wildman–Crippen MR) is 75.5 cm³/mol. The fourth-order valence-corrected chi connectivity index (χ4v) is 2.24. The van der Waals surface area contributed by atoms with E-state index in [9.17, 15) is 13.2 Å². The van der Waals surface area contributed by atoms with E-state index in [2.05, 4.69) is 0 Å². The van der Waals surface area contributed by atoms with E-state index in [0.717, 1.165) is 0 Å². The van der Waals surface area contributed by atoms with Crippen molar-refractivity contribution in [2.24, 2.45) is 0 Å². The van der Waals surface area contributed by atoms with Crippen LogP contribution in [-0.4, -0.2) is 31.8 Å². The van der Waals surface area contributed by atoms with Crippen LogP contribution in [0.3, 0.4) is 0 Å². The molecular weight excluding hydrogens is 264 g/mol. The van der Waals surface area contributed by atoms with Gasteiger partial charge in [-0.25, -0.2) is 8.42 Å². The molecule has 0 radical (unpaired) electrons. The lowest BCUT2D eigenvalue weighted by Gasteiger charge is -2.09. The molecule has 0 bridgehead atoms. The van der Waals surface area contributed by atoms with Crippen molar-refractivity contribution in [3.63, 3.8) is 0 Å². The monoisotopic (exact) mass is 284 g/mol.